The van der Waals surface area contributed by atoms with E-state index >= 15 is 0 Å². The maximum absolute atomic E-state index is 5.96. The van der Waals surface area contributed by atoms with Crippen LogP contribution in [0.4, 0.5) is 0 Å². The standard InChI is InChI=1S/C22H37N3O3.HI/c1-23-22(25-15-8-16-28-19-10-5-4-6-11-19)24-14-7-9-18-12-13-20(26-2)21(17-18)27-3;/h12-13,17,19H,4-11,14-16H2,1-3H3,(H2,23,24,25);1H. The number of benzene rings is 1. The van der Waals surface area contributed by atoms with Crippen molar-refractivity contribution in [2.75, 3.05) is 41.0 Å². The average Bonchev–Trinajstić information content (AvgIpc) is 2.75. The highest BCUT2D eigenvalue weighted by molar-refractivity contribution is 14.0. The van der Waals surface area contributed by atoms with Crippen LogP contribution < -0.4 is 20.1 Å². The molecule has 1 fully saturated rings. The fourth-order valence-electron chi connectivity index (χ4n) is 3.52. The van der Waals surface area contributed by atoms with Gasteiger partial charge in [-0.05, 0) is 49.8 Å². The van der Waals surface area contributed by atoms with Crippen molar-refractivity contribution in [1.29, 1.82) is 0 Å². The summed E-state index contributed by atoms with van der Waals surface area (Å²) in [5.74, 6) is 2.40. The van der Waals surface area contributed by atoms with Gasteiger partial charge < -0.3 is 24.8 Å². The van der Waals surface area contributed by atoms with Gasteiger partial charge in [0.2, 0.25) is 0 Å². The van der Waals surface area contributed by atoms with Crippen LogP contribution in [0.5, 0.6) is 11.5 Å². The molecular weight excluding hydrogens is 481 g/mol. The molecule has 0 unspecified atom stereocenters. The molecule has 0 spiro atoms. The molecular formula is C22H38IN3O3. The third-order valence-corrected chi connectivity index (χ3v) is 5.13. The highest BCUT2D eigenvalue weighted by Gasteiger charge is 2.13. The van der Waals surface area contributed by atoms with Crippen LogP contribution in [0, 0.1) is 0 Å². The summed E-state index contributed by atoms with van der Waals surface area (Å²) in [6, 6.07) is 6.08. The maximum Gasteiger partial charge on any atom is 0.190 e. The van der Waals surface area contributed by atoms with Crippen LogP contribution >= 0.6 is 24.0 Å². The van der Waals surface area contributed by atoms with Crippen LogP contribution in [0.15, 0.2) is 23.2 Å². The first kappa shape index (κ1) is 25.8. The summed E-state index contributed by atoms with van der Waals surface area (Å²) >= 11 is 0. The fourth-order valence-corrected chi connectivity index (χ4v) is 3.52. The number of hydrogen-bond acceptors (Lipinski definition) is 4. The molecule has 7 heteroatoms. The van der Waals surface area contributed by atoms with Gasteiger partial charge in [0.15, 0.2) is 17.5 Å². The molecule has 1 aliphatic rings. The third-order valence-electron chi connectivity index (χ3n) is 5.13. The Morgan fingerprint density at radius 1 is 1.00 bits per heavy atom. The monoisotopic (exact) mass is 519 g/mol. The van der Waals surface area contributed by atoms with E-state index in [9.17, 15) is 0 Å². The van der Waals surface area contributed by atoms with Crippen molar-refractivity contribution < 1.29 is 14.2 Å². The molecule has 1 aliphatic carbocycles. The van der Waals surface area contributed by atoms with E-state index in [1.54, 1.807) is 14.2 Å². The van der Waals surface area contributed by atoms with Crippen LogP contribution in [0.2, 0.25) is 0 Å². The maximum atomic E-state index is 5.96. The van der Waals surface area contributed by atoms with Crippen molar-refractivity contribution in [1.82, 2.24) is 10.6 Å². The Labute approximate surface area is 193 Å². The van der Waals surface area contributed by atoms with Gasteiger partial charge >= 0.3 is 0 Å². The van der Waals surface area contributed by atoms with E-state index in [4.69, 9.17) is 14.2 Å². The minimum Gasteiger partial charge on any atom is -0.493 e. The number of rotatable bonds is 11. The molecule has 2 N–H and O–H groups in total. The second kappa shape index (κ2) is 15.6. The van der Waals surface area contributed by atoms with E-state index in [0.717, 1.165) is 56.4 Å². The SMILES string of the molecule is CN=C(NCCCOC1CCCCC1)NCCCc1ccc(OC)c(OC)c1.I. The molecule has 1 saturated carbocycles. The topological polar surface area (TPSA) is 64.1 Å². The number of halogens is 1. The van der Waals surface area contributed by atoms with Crippen LogP contribution in [0.25, 0.3) is 0 Å². The second-order valence-corrected chi connectivity index (χ2v) is 7.20. The zero-order valence-corrected chi connectivity index (χ0v) is 20.5. The molecule has 166 valence electrons. The van der Waals surface area contributed by atoms with Gasteiger partial charge in [0.05, 0.1) is 20.3 Å². The predicted octanol–water partition coefficient (Wildman–Crippen LogP) is 4.16. The van der Waals surface area contributed by atoms with Gasteiger partial charge in [-0.25, -0.2) is 0 Å². The minimum absolute atomic E-state index is 0. The zero-order chi connectivity index (χ0) is 20.0. The van der Waals surface area contributed by atoms with E-state index in [0.29, 0.717) is 6.10 Å². The van der Waals surface area contributed by atoms with Crippen LogP contribution in [0.1, 0.15) is 50.5 Å². The highest BCUT2D eigenvalue weighted by Crippen LogP contribution is 2.27. The van der Waals surface area contributed by atoms with Crippen molar-refractivity contribution in [3.8, 4) is 11.5 Å². The van der Waals surface area contributed by atoms with Gasteiger partial charge in [0.25, 0.3) is 0 Å². The summed E-state index contributed by atoms with van der Waals surface area (Å²) < 4.78 is 16.6. The minimum atomic E-state index is 0. The molecule has 1 aromatic rings. The molecule has 0 radical (unpaired) electrons. The summed E-state index contributed by atoms with van der Waals surface area (Å²) in [6.07, 6.45) is 9.96. The molecule has 0 aliphatic heterocycles. The lowest BCUT2D eigenvalue weighted by Gasteiger charge is -2.22. The molecule has 0 amide bonds. The highest BCUT2D eigenvalue weighted by atomic mass is 127. The van der Waals surface area contributed by atoms with Crippen molar-refractivity contribution in [3.63, 3.8) is 0 Å². The largest absolute Gasteiger partial charge is 0.493 e. The van der Waals surface area contributed by atoms with Gasteiger partial charge in [-0.3, -0.25) is 4.99 Å². The Hall–Kier alpha value is -1.22. The Bertz CT molecular complexity index is 593. The molecule has 6 nitrogen and oxygen atoms in total. The summed E-state index contributed by atoms with van der Waals surface area (Å²) in [6.45, 7) is 2.57. The number of methoxy groups -OCH3 is 2. The number of aryl methyl sites for hydroxylation is 1. The lowest BCUT2D eigenvalue weighted by Crippen LogP contribution is -2.38. The van der Waals surface area contributed by atoms with Crippen LogP contribution in [-0.4, -0.2) is 53.0 Å². The quantitative estimate of drug-likeness (QED) is 0.199. The molecule has 0 atom stereocenters. The summed E-state index contributed by atoms with van der Waals surface area (Å²) in [7, 11) is 5.13. The van der Waals surface area contributed by atoms with Crippen molar-refractivity contribution in [2.45, 2.75) is 57.5 Å². The third kappa shape index (κ3) is 9.89. The molecule has 0 saturated heterocycles. The number of guanidine groups is 1. The Kier molecular flexibility index (Phi) is 13.9. The number of ether oxygens (including phenoxy) is 3. The van der Waals surface area contributed by atoms with Gasteiger partial charge in [-0.1, -0.05) is 25.3 Å². The molecule has 29 heavy (non-hydrogen) atoms. The number of aliphatic imine (C=N–C) groups is 1. The van der Waals surface area contributed by atoms with E-state index in [2.05, 4.69) is 21.7 Å². The lowest BCUT2D eigenvalue weighted by molar-refractivity contribution is 0.0277. The van der Waals surface area contributed by atoms with E-state index in [1.807, 2.05) is 19.2 Å². The van der Waals surface area contributed by atoms with Gasteiger partial charge in [0, 0.05) is 26.7 Å². The average molecular weight is 519 g/mol. The van der Waals surface area contributed by atoms with Crippen LogP contribution in [0.3, 0.4) is 0 Å². The molecule has 0 aromatic heterocycles. The summed E-state index contributed by atoms with van der Waals surface area (Å²) in [5, 5.41) is 6.73. The molecule has 2 rings (SSSR count). The first-order valence-electron chi connectivity index (χ1n) is 10.5. The Balaban J connectivity index is 0.00000420. The molecule has 0 bridgehead atoms. The van der Waals surface area contributed by atoms with Crippen molar-refractivity contribution in [2.24, 2.45) is 4.99 Å². The first-order chi connectivity index (χ1) is 13.8. The molecule has 1 aromatic carbocycles. The van der Waals surface area contributed by atoms with Gasteiger partial charge in [-0.2, -0.15) is 0 Å². The van der Waals surface area contributed by atoms with E-state index < -0.39 is 0 Å². The van der Waals surface area contributed by atoms with E-state index in [1.165, 1.54) is 37.7 Å². The van der Waals surface area contributed by atoms with Gasteiger partial charge in [0.1, 0.15) is 0 Å². The smallest absolute Gasteiger partial charge is 0.190 e. The first-order valence-corrected chi connectivity index (χ1v) is 10.5. The zero-order valence-electron chi connectivity index (χ0n) is 18.2. The number of nitrogens with one attached hydrogen (secondary N) is 2. The summed E-state index contributed by atoms with van der Waals surface area (Å²) in [4.78, 5) is 4.29. The lowest BCUT2D eigenvalue weighted by atomic mass is 9.98. The van der Waals surface area contributed by atoms with Gasteiger partial charge in [-0.15, -0.1) is 24.0 Å². The normalized spacial score (nSPS) is 14.8. The van der Waals surface area contributed by atoms with E-state index in [-0.39, 0.29) is 24.0 Å². The number of hydrogen-bond donors (Lipinski definition) is 2. The molecule has 0 heterocycles. The second-order valence-electron chi connectivity index (χ2n) is 7.20. The predicted molar refractivity (Wildman–Crippen MR) is 130 cm³/mol. The van der Waals surface area contributed by atoms with Crippen molar-refractivity contribution >= 4 is 29.9 Å². The Morgan fingerprint density at radius 3 is 2.34 bits per heavy atom. The van der Waals surface area contributed by atoms with Crippen molar-refractivity contribution in [3.05, 3.63) is 23.8 Å². The Morgan fingerprint density at radius 2 is 1.69 bits per heavy atom. The van der Waals surface area contributed by atoms with Crippen LogP contribution in [-0.2, 0) is 11.2 Å². The summed E-state index contributed by atoms with van der Waals surface area (Å²) in [5.41, 5.74) is 1.24. The fraction of sp³-hybridized carbons (Fsp3) is 0.682. The number of nitrogens with zero attached hydrogens (tertiary/aromatic N) is 1.